The number of hydrogen-bond donors (Lipinski definition) is 7. The van der Waals surface area contributed by atoms with Gasteiger partial charge in [0.05, 0.1) is 30.4 Å². The average molecular weight is 1090 g/mol. The number of carbonyl (C=O) groups excluding carboxylic acids is 5. The van der Waals surface area contributed by atoms with Crippen LogP contribution in [0.15, 0.2) is 103 Å². The minimum atomic E-state index is -1.07. The van der Waals surface area contributed by atoms with Crippen LogP contribution >= 0.6 is 0 Å². The lowest BCUT2D eigenvalue weighted by atomic mass is 9.93. The lowest BCUT2D eigenvalue weighted by Gasteiger charge is -2.32. The SMILES string of the molecule is CC(C)C[C@H](NC(=O)[C@H](CCc1ccccc1)NC(=O)CN1CCC(CCn2ccc3cc(-n4c(O)nnc4-c4cc(C(C)C)c(O)cc4O)ccc32)CC1)C(=O)N[C@@H](Cc1ccccc1)C(=O)N[C@@H](CC(C)C)C(=O)[C@@]1(C)CO1. The van der Waals surface area contributed by atoms with Crippen LogP contribution < -0.4 is 21.3 Å². The number of carbonyl (C=O) groups is 5. The number of aryl methyl sites for hydroxylation is 2. The number of ketones is 1. The van der Waals surface area contributed by atoms with Gasteiger partial charge in [0.25, 0.3) is 0 Å². The number of nitrogens with zero attached hydrogens (tertiary/aromatic N) is 5. The minimum Gasteiger partial charge on any atom is -0.508 e. The number of amides is 4. The van der Waals surface area contributed by atoms with E-state index in [1.54, 1.807) is 13.0 Å². The third-order valence-electron chi connectivity index (χ3n) is 15.4. The molecule has 5 atom stereocenters. The molecule has 4 aromatic carbocycles. The summed E-state index contributed by atoms with van der Waals surface area (Å²) in [6, 6.07) is 25.6. The van der Waals surface area contributed by atoms with Gasteiger partial charge >= 0.3 is 6.01 Å². The van der Waals surface area contributed by atoms with Gasteiger partial charge in [0, 0.05) is 36.1 Å². The molecule has 2 fully saturated rings. The van der Waals surface area contributed by atoms with Crippen molar-refractivity contribution in [2.45, 2.75) is 142 Å². The van der Waals surface area contributed by atoms with Crippen molar-refractivity contribution in [2.24, 2.45) is 17.8 Å². The van der Waals surface area contributed by atoms with E-state index >= 15 is 0 Å². The molecule has 7 N–H and O–H groups in total. The van der Waals surface area contributed by atoms with Gasteiger partial charge in [0.15, 0.2) is 11.6 Å². The highest BCUT2D eigenvalue weighted by Gasteiger charge is 2.50. The summed E-state index contributed by atoms with van der Waals surface area (Å²) in [7, 11) is 0. The number of Topliss-reactive ketones (excluding diaryl/α,β-unsaturated/α-hetero) is 1. The van der Waals surface area contributed by atoms with Crippen molar-refractivity contribution in [1.29, 1.82) is 0 Å². The maximum Gasteiger partial charge on any atom is 0.319 e. The van der Waals surface area contributed by atoms with Crippen molar-refractivity contribution >= 4 is 40.3 Å². The monoisotopic (exact) mass is 1090 g/mol. The van der Waals surface area contributed by atoms with Crippen LogP contribution in [0.5, 0.6) is 17.5 Å². The number of piperidine rings is 1. The second kappa shape index (κ2) is 26.1. The third-order valence-corrected chi connectivity index (χ3v) is 15.4. The molecule has 0 saturated carbocycles. The van der Waals surface area contributed by atoms with E-state index in [1.807, 2.05) is 133 Å². The number of phenolic OH excluding ortho intramolecular Hbond substituents is 2. The number of fused-ring (bicyclic) bond motifs is 1. The van der Waals surface area contributed by atoms with Crippen LogP contribution in [0.2, 0.25) is 0 Å². The number of epoxide rings is 1. The third kappa shape index (κ3) is 15.0. The van der Waals surface area contributed by atoms with Crippen LogP contribution in [-0.4, -0.2) is 125 Å². The van der Waals surface area contributed by atoms with Crippen LogP contribution in [0, 0.1) is 17.8 Å². The number of hydrogen-bond acceptors (Lipinski definition) is 12. The molecule has 0 spiro atoms. The van der Waals surface area contributed by atoms with Crippen molar-refractivity contribution in [3.05, 3.63) is 120 Å². The van der Waals surface area contributed by atoms with E-state index in [-0.39, 0.29) is 85.2 Å². The molecule has 4 amide bonds. The zero-order chi connectivity index (χ0) is 57.3. The van der Waals surface area contributed by atoms with Gasteiger partial charge in [0.2, 0.25) is 23.6 Å². The van der Waals surface area contributed by atoms with Gasteiger partial charge in [-0.05, 0) is 136 Å². The summed E-state index contributed by atoms with van der Waals surface area (Å²) in [6.45, 7) is 16.0. The Balaban J connectivity index is 0.882. The molecule has 8 rings (SSSR count). The average Bonchev–Trinajstić information content (AvgIpc) is 3.87. The van der Waals surface area contributed by atoms with E-state index in [2.05, 4.69) is 40.9 Å². The lowest BCUT2D eigenvalue weighted by molar-refractivity contribution is -0.135. The zero-order valence-corrected chi connectivity index (χ0v) is 47.2. The molecule has 6 aromatic rings. The predicted molar refractivity (Wildman–Crippen MR) is 306 cm³/mol. The summed E-state index contributed by atoms with van der Waals surface area (Å²) in [5.41, 5.74) is 3.43. The van der Waals surface area contributed by atoms with Crippen molar-refractivity contribution in [3.8, 4) is 34.6 Å². The van der Waals surface area contributed by atoms with Crippen molar-refractivity contribution in [2.75, 3.05) is 26.2 Å². The van der Waals surface area contributed by atoms with Gasteiger partial charge < -0.3 is 45.9 Å². The molecule has 18 nitrogen and oxygen atoms in total. The predicted octanol–water partition coefficient (Wildman–Crippen LogP) is 7.50. The second-order valence-electron chi connectivity index (χ2n) is 23.2. The number of nitrogens with one attached hydrogen (secondary N) is 4. The molecule has 18 heteroatoms. The van der Waals surface area contributed by atoms with E-state index in [4.69, 9.17) is 4.74 Å². The highest BCUT2D eigenvalue weighted by atomic mass is 16.6. The smallest absolute Gasteiger partial charge is 0.319 e. The first-order chi connectivity index (χ1) is 38.2. The maximum absolute atomic E-state index is 14.4. The van der Waals surface area contributed by atoms with Crippen molar-refractivity contribution in [3.63, 3.8) is 0 Å². The van der Waals surface area contributed by atoms with Crippen molar-refractivity contribution in [1.82, 2.24) is 45.5 Å². The topological polar surface area (TPSA) is 246 Å². The molecule has 2 aliphatic rings. The van der Waals surface area contributed by atoms with E-state index in [1.165, 1.54) is 10.6 Å². The Morgan fingerprint density at radius 1 is 0.700 bits per heavy atom. The van der Waals surface area contributed by atoms with E-state index in [9.17, 15) is 39.3 Å². The number of ether oxygens (including phenoxy) is 1. The first-order valence-electron chi connectivity index (χ1n) is 28.2. The Kier molecular flexibility index (Phi) is 19.1. The molecule has 426 valence electrons. The molecule has 0 unspecified atom stereocenters. The second-order valence-corrected chi connectivity index (χ2v) is 23.2. The molecule has 2 aromatic heterocycles. The lowest BCUT2D eigenvalue weighted by Crippen LogP contribution is -2.59. The summed E-state index contributed by atoms with van der Waals surface area (Å²) < 4.78 is 9.14. The first kappa shape index (κ1) is 58.6. The van der Waals surface area contributed by atoms with Gasteiger partial charge in [-0.2, -0.15) is 0 Å². The number of phenols is 2. The largest absolute Gasteiger partial charge is 0.508 e. The van der Waals surface area contributed by atoms with Gasteiger partial charge in [-0.1, -0.05) is 107 Å². The fourth-order valence-electron chi connectivity index (χ4n) is 10.8. The van der Waals surface area contributed by atoms with Crippen LogP contribution in [0.25, 0.3) is 28.0 Å². The van der Waals surface area contributed by atoms with Gasteiger partial charge in [0.1, 0.15) is 35.2 Å². The summed E-state index contributed by atoms with van der Waals surface area (Å²) in [5, 5.41) is 53.0. The van der Waals surface area contributed by atoms with Crippen LogP contribution in [0.1, 0.15) is 110 Å². The Bertz CT molecular complexity index is 3110. The summed E-state index contributed by atoms with van der Waals surface area (Å²) in [5.74, 6) is -1.56. The molecule has 0 aliphatic carbocycles. The van der Waals surface area contributed by atoms with Crippen LogP contribution in [0.4, 0.5) is 0 Å². The number of aromatic nitrogens is 4. The number of rotatable bonds is 26. The molecular formula is C62H79N9O9. The fourth-order valence-corrected chi connectivity index (χ4v) is 10.8. The fraction of sp³-hybridized carbons (Fsp3) is 0.468. The molecule has 0 bridgehead atoms. The number of aromatic hydroxyl groups is 3. The maximum atomic E-state index is 14.4. The zero-order valence-electron chi connectivity index (χ0n) is 47.2. The number of benzene rings is 4. The van der Waals surface area contributed by atoms with Crippen LogP contribution in [-0.2, 0) is 48.1 Å². The van der Waals surface area contributed by atoms with Gasteiger partial charge in [-0.3, -0.25) is 28.9 Å². The summed E-state index contributed by atoms with van der Waals surface area (Å²) in [4.78, 5) is 72.6. The molecule has 2 saturated heterocycles. The van der Waals surface area contributed by atoms with Gasteiger partial charge in [-0.15, -0.1) is 5.10 Å². The number of likely N-dealkylation sites (tertiary alicyclic amines) is 1. The quantitative estimate of drug-likeness (QED) is 0.0261. The van der Waals surface area contributed by atoms with Crippen molar-refractivity contribution < 1.29 is 44.0 Å². The van der Waals surface area contributed by atoms with E-state index < -0.39 is 47.5 Å². The molecule has 80 heavy (non-hydrogen) atoms. The molecular weight excluding hydrogens is 1010 g/mol. The Morgan fingerprint density at radius 3 is 1.96 bits per heavy atom. The molecule has 2 aliphatic heterocycles. The van der Waals surface area contributed by atoms with Gasteiger partial charge in [-0.25, -0.2) is 4.57 Å². The highest BCUT2D eigenvalue weighted by Crippen LogP contribution is 2.39. The standard InChI is InChI=1S/C62H79N9O9/c1-38(2)30-49(56(75)62(7)37-80-62)64-60(78)51(32-43-16-12-9-13-17-43)66-59(77)50(31-39(3)4)65-58(76)48(20-18-41-14-10-8-11-15-41)63-55(74)36-69-26-22-42(23-27-69)24-28-70-29-25-44-33-45(19-21-52(44)70)71-57(67-68-61(71)79)47-34-46(40(5)6)53(72)35-54(47)73/h8-17,19,21,25,29,33-35,38-40,42,48-51,72-73H,18,20,22-24,26-28,30-32,36-37H2,1-7H3,(H,63,74)(H,64,78)(H,65,76)(H,66,77)(H,68,79)/t48-,49-,50-,51-,62+/m0/s1. The normalized spacial score (nSPS) is 17.3. The van der Waals surface area contributed by atoms with Crippen LogP contribution in [0.3, 0.4) is 0 Å². The molecule has 4 heterocycles. The van der Waals surface area contributed by atoms with E-state index in [0.29, 0.717) is 48.7 Å². The first-order valence-corrected chi connectivity index (χ1v) is 28.2. The Labute approximate surface area is 468 Å². The Hall–Kier alpha value is -7.57. The molecule has 0 radical (unpaired) electrons. The van der Waals surface area contributed by atoms with E-state index in [0.717, 1.165) is 47.8 Å². The Morgan fingerprint density at radius 2 is 1.31 bits per heavy atom. The summed E-state index contributed by atoms with van der Waals surface area (Å²) in [6.07, 6.45) is 6.36. The summed E-state index contributed by atoms with van der Waals surface area (Å²) >= 11 is 0. The highest BCUT2D eigenvalue weighted by molar-refractivity contribution is 5.99. The minimum absolute atomic E-state index is 0.0228.